The first-order chi connectivity index (χ1) is 15.3. The number of alkyl halides is 3. The lowest BCUT2D eigenvalue weighted by Gasteiger charge is -2.12. The molecule has 0 aliphatic carbocycles. The van der Waals surface area contributed by atoms with Gasteiger partial charge < -0.3 is 13.9 Å². The molecule has 0 radical (unpaired) electrons. The molecule has 2 aromatic heterocycles. The number of hydrogen-bond donors (Lipinski definition) is 0. The van der Waals surface area contributed by atoms with Crippen LogP contribution in [0.3, 0.4) is 0 Å². The Bertz CT molecular complexity index is 1340. The van der Waals surface area contributed by atoms with Gasteiger partial charge in [0.15, 0.2) is 5.75 Å². The van der Waals surface area contributed by atoms with Crippen LogP contribution in [0.5, 0.6) is 11.5 Å². The predicted octanol–water partition coefficient (Wildman–Crippen LogP) is 4.51. The average molecular weight is 444 g/mol. The van der Waals surface area contributed by atoms with E-state index in [1.165, 1.54) is 42.4 Å². The van der Waals surface area contributed by atoms with Crippen molar-refractivity contribution in [3.63, 3.8) is 0 Å². The summed E-state index contributed by atoms with van der Waals surface area (Å²) in [5.74, 6) is -3.25. The zero-order valence-corrected chi connectivity index (χ0v) is 16.6. The molecule has 2 heterocycles. The fourth-order valence-electron chi connectivity index (χ4n) is 3.05. The first kappa shape index (κ1) is 21.2. The molecule has 2 aromatic carbocycles. The summed E-state index contributed by atoms with van der Waals surface area (Å²) in [6.45, 7) is 0. The van der Waals surface area contributed by atoms with Crippen LogP contribution >= 0.6 is 0 Å². The van der Waals surface area contributed by atoms with Gasteiger partial charge >= 0.3 is 12.1 Å². The molecule has 4 aromatic rings. The van der Waals surface area contributed by atoms with Crippen molar-refractivity contribution in [1.29, 1.82) is 0 Å². The third-order valence-electron chi connectivity index (χ3n) is 4.55. The highest BCUT2D eigenvalue weighted by Crippen LogP contribution is 2.38. The van der Waals surface area contributed by atoms with E-state index in [1.807, 2.05) is 0 Å². The molecule has 0 spiro atoms. The Kier molecular flexibility index (Phi) is 5.43. The standard InChI is InChI=1S/C22H15F3N2O5/c1-30-18(28)10-13-7-8-16-17(9-13)32-21(22(23,24)25)20(19(16)29)31-15-11-26-27(12-15)14-5-3-2-4-6-14/h2-9,11-12H,10H2,1H3. The number of para-hydroxylation sites is 1. The van der Waals surface area contributed by atoms with Crippen LogP contribution in [0.4, 0.5) is 13.2 Å². The zero-order valence-electron chi connectivity index (χ0n) is 16.6. The normalized spacial score (nSPS) is 11.5. The number of aromatic nitrogens is 2. The summed E-state index contributed by atoms with van der Waals surface area (Å²) in [7, 11) is 1.19. The number of carbonyl (C=O) groups is 1. The van der Waals surface area contributed by atoms with Gasteiger partial charge in [0.1, 0.15) is 5.58 Å². The lowest BCUT2D eigenvalue weighted by atomic mass is 10.1. The van der Waals surface area contributed by atoms with E-state index in [-0.39, 0.29) is 23.1 Å². The summed E-state index contributed by atoms with van der Waals surface area (Å²) in [5.41, 5.74) is -0.341. The number of hydrogen-bond acceptors (Lipinski definition) is 6. The number of ether oxygens (including phenoxy) is 2. The molecule has 0 aliphatic rings. The van der Waals surface area contributed by atoms with Crippen LogP contribution in [0, 0.1) is 0 Å². The fraction of sp³-hybridized carbons (Fsp3) is 0.136. The van der Waals surface area contributed by atoms with Crippen LogP contribution < -0.4 is 10.2 Å². The molecule has 7 nitrogen and oxygen atoms in total. The summed E-state index contributed by atoms with van der Waals surface area (Å²) >= 11 is 0. The van der Waals surface area contributed by atoms with Crippen LogP contribution in [-0.2, 0) is 22.1 Å². The molecule has 0 unspecified atom stereocenters. The molecule has 164 valence electrons. The van der Waals surface area contributed by atoms with Crippen molar-refractivity contribution in [2.75, 3.05) is 7.11 Å². The first-order valence-corrected chi connectivity index (χ1v) is 9.28. The van der Waals surface area contributed by atoms with Gasteiger partial charge in [-0.15, -0.1) is 0 Å². The molecule has 0 aliphatic heterocycles. The van der Waals surface area contributed by atoms with Crippen LogP contribution in [0.15, 0.2) is 70.1 Å². The van der Waals surface area contributed by atoms with Gasteiger partial charge in [-0.2, -0.15) is 18.3 Å². The number of methoxy groups -OCH3 is 1. The van der Waals surface area contributed by atoms with E-state index in [0.717, 1.165) is 0 Å². The Labute approximate surface area is 178 Å². The number of rotatable bonds is 5. The Morgan fingerprint density at radius 1 is 1.16 bits per heavy atom. The largest absolute Gasteiger partial charge is 0.469 e. The molecule has 32 heavy (non-hydrogen) atoms. The van der Waals surface area contributed by atoms with E-state index in [4.69, 9.17) is 9.15 Å². The van der Waals surface area contributed by atoms with Gasteiger partial charge in [-0.1, -0.05) is 24.3 Å². The average Bonchev–Trinajstić information content (AvgIpc) is 3.24. The van der Waals surface area contributed by atoms with Crippen LogP contribution in [0.1, 0.15) is 11.3 Å². The highest BCUT2D eigenvalue weighted by atomic mass is 19.4. The summed E-state index contributed by atoms with van der Waals surface area (Å²) in [6.07, 6.45) is -2.65. The second-order valence-electron chi connectivity index (χ2n) is 6.73. The number of nitrogens with zero attached hydrogens (tertiary/aromatic N) is 2. The molecular weight excluding hydrogens is 429 g/mol. The maximum atomic E-state index is 13.7. The number of esters is 1. The number of benzene rings is 2. The minimum absolute atomic E-state index is 0.0756. The predicted molar refractivity (Wildman–Crippen MR) is 107 cm³/mol. The van der Waals surface area contributed by atoms with Crippen molar-refractivity contribution >= 4 is 16.9 Å². The smallest absolute Gasteiger partial charge is 0.453 e. The highest BCUT2D eigenvalue weighted by molar-refractivity contribution is 5.81. The van der Waals surface area contributed by atoms with Gasteiger partial charge in [-0.25, -0.2) is 4.68 Å². The molecule has 0 fully saturated rings. The van der Waals surface area contributed by atoms with Gasteiger partial charge in [0, 0.05) is 0 Å². The van der Waals surface area contributed by atoms with Crippen LogP contribution in [0.25, 0.3) is 16.7 Å². The lowest BCUT2D eigenvalue weighted by molar-refractivity contribution is -0.154. The third-order valence-corrected chi connectivity index (χ3v) is 4.55. The fourth-order valence-corrected chi connectivity index (χ4v) is 3.05. The minimum Gasteiger partial charge on any atom is -0.469 e. The Hall–Kier alpha value is -4.08. The van der Waals surface area contributed by atoms with E-state index in [0.29, 0.717) is 11.3 Å². The van der Waals surface area contributed by atoms with Crippen molar-refractivity contribution in [3.8, 4) is 17.2 Å². The summed E-state index contributed by atoms with van der Waals surface area (Å²) in [6, 6.07) is 12.7. The van der Waals surface area contributed by atoms with Crippen molar-refractivity contribution < 1.29 is 31.9 Å². The monoisotopic (exact) mass is 444 g/mol. The molecule has 0 amide bonds. The Morgan fingerprint density at radius 3 is 2.59 bits per heavy atom. The van der Waals surface area contributed by atoms with Gasteiger partial charge in [-0.3, -0.25) is 9.59 Å². The van der Waals surface area contributed by atoms with E-state index >= 15 is 0 Å². The topological polar surface area (TPSA) is 83.6 Å². The highest BCUT2D eigenvalue weighted by Gasteiger charge is 2.40. The summed E-state index contributed by atoms with van der Waals surface area (Å²) in [5, 5.41) is 3.92. The number of carbonyl (C=O) groups excluding carboxylic acids is 1. The molecule has 0 saturated carbocycles. The summed E-state index contributed by atoms with van der Waals surface area (Å²) in [4.78, 5) is 24.3. The maximum Gasteiger partial charge on any atom is 0.453 e. The molecule has 0 saturated heterocycles. The van der Waals surface area contributed by atoms with Crippen molar-refractivity contribution in [1.82, 2.24) is 9.78 Å². The lowest BCUT2D eigenvalue weighted by Crippen LogP contribution is -2.15. The Balaban J connectivity index is 1.77. The quantitative estimate of drug-likeness (QED) is 0.422. The minimum atomic E-state index is -5.00. The van der Waals surface area contributed by atoms with E-state index in [2.05, 4.69) is 9.84 Å². The Morgan fingerprint density at radius 2 is 1.91 bits per heavy atom. The molecular formula is C22H15F3N2O5. The molecule has 10 heteroatoms. The van der Waals surface area contributed by atoms with E-state index < -0.39 is 29.1 Å². The third kappa shape index (κ3) is 4.20. The number of fused-ring (bicyclic) bond motifs is 1. The maximum absolute atomic E-state index is 13.7. The van der Waals surface area contributed by atoms with E-state index in [9.17, 15) is 22.8 Å². The molecule has 0 atom stereocenters. The van der Waals surface area contributed by atoms with Crippen molar-refractivity contribution in [3.05, 3.63) is 82.5 Å². The molecule has 0 N–H and O–H groups in total. The first-order valence-electron chi connectivity index (χ1n) is 9.28. The molecule has 0 bridgehead atoms. The zero-order chi connectivity index (χ0) is 22.9. The molecule has 4 rings (SSSR count). The van der Waals surface area contributed by atoms with Crippen LogP contribution in [-0.4, -0.2) is 22.9 Å². The van der Waals surface area contributed by atoms with Gasteiger partial charge in [0.2, 0.25) is 11.2 Å². The SMILES string of the molecule is COC(=O)Cc1ccc2c(=O)c(Oc3cnn(-c4ccccc4)c3)c(C(F)(F)F)oc2c1. The number of halogens is 3. The second kappa shape index (κ2) is 8.22. The van der Waals surface area contributed by atoms with Gasteiger partial charge in [-0.05, 0) is 29.8 Å². The second-order valence-corrected chi connectivity index (χ2v) is 6.73. The van der Waals surface area contributed by atoms with Gasteiger partial charge in [0.25, 0.3) is 5.76 Å². The van der Waals surface area contributed by atoms with Crippen molar-refractivity contribution in [2.24, 2.45) is 0 Å². The van der Waals surface area contributed by atoms with E-state index in [1.54, 1.807) is 30.3 Å². The summed E-state index contributed by atoms with van der Waals surface area (Å²) < 4.78 is 57.3. The van der Waals surface area contributed by atoms with Gasteiger partial charge in [0.05, 0.1) is 37.0 Å². The van der Waals surface area contributed by atoms with Crippen molar-refractivity contribution in [2.45, 2.75) is 12.6 Å². The van der Waals surface area contributed by atoms with Crippen LogP contribution in [0.2, 0.25) is 0 Å².